The molecule has 3 amide bonds. The van der Waals surface area contributed by atoms with Crippen LogP contribution in [-0.4, -0.2) is 42.3 Å². The molecule has 2 N–H and O–H groups in total. The second-order valence-electron chi connectivity index (χ2n) is 6.59. The smallest absolute Gasteiger partial charge is 0.232 e. The Bertz CT molecular complexity index is 651. The zero-order valence-electron chi connectivity index (χ0n) is 13.9. The maximum atomic E-state index is 12.2. The highest BCUT2D eigenvalue weighted by Crippen LogP contribution is 2.34. The zero-order chi connectivity index (χ0) is 17.1. The predicted molar refractivity (Wildman–Crippen MR) is 90.4 cm³/mol. The highest BCUT2D eigenvalue weighted by Gasteiger charge is 2.32. The number of nitrogens with one attached hydrogen (secondary N) is 2. The molecule has 1 fully saturated rings. The van der Waals surface area contributed by atoms with Gasteiger partial charge in [-0.2, -0.15) is 0 Å². The first-order chi connectivity index (χ1) is 11.5. The molecule has 0 radical (unpaired) electrons. The molecule has 24 heavy (non-hydrogen) atoms. The number of likely N-dealkylation sites (tertiary alicyclic amines) is 1. The lowest BCUT2D eigenvalue weighted by atomic mass is 9.95. The van der Waals surface area contributed by atoms with Gasteiger partial charge in [0.05, 0.1) is 5.92 Å². The quantitative estimate of drug-likeness (QED) is 0.878. The largest absolute Gasteiger partial charge is 0.356 e. The summed E-state index contributed by atoms with van der Waals surface area (Å²) in [5.41, 5.74) is 1.70. The average Bonchev–Trinajstić information content (AvgIpc) is 2.89. The van der Waals surface area contributed by atoms with Crippen molar-refractivity contribution in [1.29, 1.82) is 0 Å². The standard InChI is InChI=1S/C18H23N3O3/c1-12(22)21-8-6-13(7-9-21)11-19-17(23)10-15-14-4-2-3-5-16(14)20-18(15)24/h2-5,13,15H,6-11H2,1H3,(H,19,23)(H,20,24). The lowest BCUT2D eigenvalue weighted by molar-refractivity contribution is -0.130. The van der Waals surface area contributed by atoms with E-state index in [4.69, 9.17) is 0 Å². The number of piperidine rings is 1. The number of hydrogen-bond donors (Lipinski definition) is 2. The summed E-state index contributed by atoms with van der Waals surface area (Å²) in [5.74, 6) is -0.0969. The van der Waals surface area contributed by atoms with Crippen LogP contribution in [0, 0.1) is 5.92 Å². The third-order valence-electron chi connectivity index (χ3n) is 4.95. The van der Waals surface area contributed by atoms with E-state index < -0.39 is 5.92 Å². The van der Waals surface area contributed by atoms with Crippen molar-refractivity contribution >= 4 is 23.4 Å². The Balaban J connectivity index is 1.47. The summed E-state index contributed by atoms with van der Waals surface area (Å²) in [6.07, 6.45) is 1.99. The predicted octanol–water partition coefficient (Wildman–Crippen LogP) is 1.49. The van der Waals surface area contributed by atoms with Crippen LogP contribution in [0.2, 0.25) is 0 Å². The average molecular weight is 329 g/mol. The summed E-state index contributed by atoms with van der Waals surface area (Å²) in [5, 5.41) is 5.77. The van der Waals surface area contributed by atoms with Gasteiger partial charge in [-0.25, -0.2) is 0 Å². The number of rotatable bonds is 4. The molecule has 128 valence electrons. The topological polar surface area (TPSA) is 78.5 Å². The summed E-state index contributed by atoms with van der Waals surface area (Å²) in [6.45, 7) is 3.72. The van der Waals surface area contributed by atoms with E-state index in [2.05, 4.69) is 10.6 Å². The molecule has 6 heteroatoms. The SMILES string of the molecule is CC(=O)N1CCC(CNC(=O)CC2C(=O)Nc3ccccc32)CC1. The number of amides is 3. The van der Waals surface area contributed by atoms with Crippen LogP contribution in [0.1, 0.15) is 37.7 Å². The van der Waals surface area contributed by atoms with Gasteiger partial charge >= 0.3 is 0 Å². The Morgan fingerprint density at radius 1 is 1.25 bits per heavy atom. The van der Waals surface area contributed by atoms with Gasteiger partial charge in [-0.05, 0) is 30.4 Å². The van der Waals surface area contributed by atoms with E-state index in [1.165, 1.54) is 0 Å². The van der Waals surface area contributed by atoms with E-state index in [0.717, 1.165) is 37.2 Å². The van der Waals surface area contributed by atoms with E-state index in [9.17, 15) is 14.4 Å². The highest BCUT2D eigenvalue weighted by atomic mass is 16.2. The Morgan fingerprint density at radius 2 is 1.96 bits per heavy atom. The first kappa shape index (κ1) is 16.5. The molecule has 1 atom stereocenters. The lowest BCUT2D eigenvalue weighted by Gasteiger charge is -2.31. The van der Waals surface area contributed by atoms with E-state index >= 15 is 0 Å². The number of hydrogen-bond acceptors (Lipinski definition) is 3. The van der Waals surface area contributed by atoms with Gasteiger partial charge in [0.2, 0.25) is 17.7 Å². The molecule has 1 unspecified atom stereocenters. The third-order valence-corrected chi connectivity index (χ3v) is 4.95. The van der Waals surface area contributed by atoms with E-state index in [0.29, 0.717) is 12.5 Å². The molecule has 6 nitrogen and oxygen atoms in total. The summed E-state index contributed by atoms with van der Waals surface area (Å²) < 4.78 is 0. The minimum absolute atomic E-state index is 0.0964. The molecule has 2 heterocycles. The molecule has 1 aromatic carbocycles. The van der Waals surface area contributed by atoms with Gasteiger partial charge in [-0.15, -0.1) is 0 Å². The number of carbonyl (C=O) groups is 3. The van der Waals surface area contributed by atoms with Crippen LogP contribution in [0.5, 0.6) is 0 Å². The summed E-state index contributed by atoms with van der Waals surface area (Å²) in [6, 6.07) is 7.50. The maximum absolute atomic E-state index is 12.2. The van der Waals surface area contributed by atoms with E-state index in [1.54, 1.807) is 6.92 Å². The molecule has 2 aliphatic rings. The van der Waals surface area contributed by atoms with Gasteiger partial charge < -0.3 is 15.5 Å². The summed E-state index contributed by atoms with van der Waals surface area (Å²) in [4.78, 5) is 37.4. The molecular weight excluding hydrogens is 306 g/mol. The lowest BCUT2D eigenvalue weighted by Crippen LogP contribution is -2.40. The first-order valence-electron chi connectivity index (χ1n) is 8.46. The van der Waals surface area contributed by atoms with Gasteiger partial charge in [0.25, 0.3) is 0 Å². The van der Waals surface area contributed by atoms with Crippen molar-refractivity contribution < 1.29 is 14.4 Å². The Kier molecular flexibility index (Phi) is 4.83. The van der Waals surface area contributed by atoms with Gasteiger partial charge in [0.1, 0.15) is 0 Å². The fourth-order valence-electron chi connectivity index (χ4n) is 3.45. The van der Waals surface area contributed by atoms with Crippen molar-refractivity contribution in [1.82, 2.24) is 10.2 Å². The van der Waals surface area contributed by atoms with Crippen LogP contribution in [-0.2, 0) is 14.4 Å². The van der Waals surface area contributed by atoms with Crippen molar-refractivity contribution in [2.75, 3.05) is 25.0 Å². The van der Waals surface area contributed by atoms with E-state index in [-0.39, 0.29) is 24.1 Å². The van der Waals surface area contributed by atoms with Crippen LogP contribution >= 0.6 is 0 Å². The Morgan fingerprint density at radius 3 is 2.67 bits per heavy atom. The minimum Gasteiger partial charge on any atom is -0.356 e. The van der Waals surface area contributed by atoms with Crippen molar-refractivity contribution in [3.05, 3.63) is 29.8 Å². The first-order valence-corrected chi connectivity index (χ1v) is 8.46. The van der Waals surface area contributed by atoms with Gasteiger partial charge in [-0.1, -0.05) is 18.2 Å². The van der Waals surface area contributed by atoms with Crippen molar-refractivity contribution in [3.63, 3.8) is 0 Å². The maximum Gasteiger partial charge on any atom is 0.232 e. The second kappa shape index (κ2) is 7.03. The van der Waals surface area contributed by atoms with Gasteiger partial charge in [-0.3, -0.25) is 14.4 Å². The van der Waals surface area contributed by atoms with Crippen LogP contribution < -0.4 is 10.6 Å². The van der Waals surface area contributed by atoms with Crippen LogP contribution in [0.15, 0.2) is 24.3 Å². The number of benzene rings is 1. The van der Waals surface area contributed by atoms with Crippen LogP contribution in [0.25, 0.3) is 0 Å². The molecule has 1 saturated heterocycles. The molecular formula is C18H23N3O3. The molecule has 2 aliphatic heterocycles. The number of carbonyl (C=O) groups excluding carboxylic acids is 3. The van der Waals surface area contributed by atoms with Crippen LogP contribution in [0.4, 0.5) is 5.69 Å². The van der Waals surface area contributed by atoms with Gasteiger partial charge in [0.15, 0.2) is 0 Å². The Labute approximate surface area is 141 Å². The monoisotopic (exact) mass is 329 g/mol. The fraction of sp³-hybridized carbons (Fsp3) is 0.500. The van der Waals surface area contributed by atoms with Crippen molar-refractivity contribution in [3.8, 4) is 0 Å². The van der Waals surface area contributed by atoms with E-state index in [1.807, 2.05) is 29.2 Å². The minimum atomic E-state index is -0.402. The number of anilines is 1. The molecule has 3 rings (SSSR count). The molecule has 1 aromatic rings. The summed E-state index contributed by atoms with van der Waals surface area (Å²) in [7, 11) is 0. The Hall–Kier alpha value is -2.37. The van der Waals surface area contributed by atoms with Crippen molar-refractivity contribution in [2.24, 2.45) is 5.92 Å². The van der Waals surface area contributed by atoms with Crippen LogP contribution in [0.3, 0.4) is 0 Å². The molecule has 0 saturated carbocycles. The number of nitrogens with zero attached hydrogens (tertiary/aromatic N) is 1. The third kappa shape index (κ3) is 3.58. The highest BCUT2D eigenvalue weighted by molar-refractivity contribution is 6.04. The summed E-state index contributed by atoms with van der Waals surface area (Å²) >= 11 is 0. The molecule has 0 aliphatic carbocycles. The normalized spacial score (nSPS) is 20.5. The number of para-hydroxylation sites is 1. The zero-order valence-corrected chi connectivity index (χ0v) is 13.9. The number of fused-ring (bicyclic) bond motifs is 1. The molecule has 0 bridgehead atoms. The van der Waals surface area contributed by atoms with Crippen molar-refractivity contribution in [2.45, 2.75) is 32.1 Å². The second-order valence-corrected chi connectivity index (χ2v) is 6.59. The van der Waals surface area contributed by atoms with Gasteiger partial charge in [0, 0.05) is 38.7 Å². The molecule has 0 spiro atoms. The fourth-order valence-corrected chi connectivity index (χ4v) is 3.45. The molecule has 0 aromatic heterocycles.